The molecule has 0 aliphatic rings. The average molecular weight is 273 g/mol. The van der Waals surface area contributed by atoms with Gasteiger partial charge in [0.25, 0.3) is 5.91 Å². The van der Waals surface area contributed by atoms with Crippen molar-refractivity contribution in [2.24, 2.45) is 0 Å². The van der Waals surface area contributed by atoms with Crippen LogP contribution in [0.3, 0.4) is 0 Å². The molecule has 0 aromatic heterocycles. The van der Waals surface area contributed by atoms with Gasteiger partial charge in [-0.05, 0) is 25.1 Å². The molecule has 0 radical (unpaired) electrons. The van der Waals surface area contributed by atoms with E-state index >= 15 is 0 Å². The lowest BCUT2D eigenvalue weighted by Crippen LogP contribution is -2.48. The molecule has 0 bridgehead atoms. The molecule has 5 nitrogen and oxygen atoms in total. The van der Waals surface area contributed by atoms with Crippen LogP contribution >= 0.6 is 0 Å². The van der Waals surface area contributed by atoms with Crippen molar-refractivity contribution in [1.29, 1.82) is 0 Å². The number of benzene rings is 1. The van der Waals surface area contributed by atoms with Gasteiger partial charge in [-0.25, -0.2) is 8.78 Å². The highest BCUT2D eigenvalue weighted by Crippen LogP contribution is 2.09. The average Bonchev–Trinajstić information content (AvgIpc) is 2.37. The Morgan fingerprint density at radius 3 is 2.42 bits per heavy atom. The standard InChI is InChI=1S/C12H13F2NO4/c1-6(17)11(10(18)5-16)15-12(19)7-2-3-8(13)9(14)4-7/h2-4,6,11,16-17H,5H2,1H3,(H,15,19)/t6-,11+/m1/s1. The summed E-state index contributed by atoms with van der Waals surface area (Å²) in [4.78, 5) is 23.0. The number of Topliss-reactive ketones (excluding diaryl/α,β-unsaturated/α-hetero) is 1. The molecule has 1 rings (SSSR count). The molecule has 1 aromatic carbocycles. The fourth-order valence-corrected chi connectivity index (χ4v) is 1.43. The summed E-state index contributed by atoms with van der Waals surface area (Å²) in [6, 6.07) is 1.17. The number of hydrogen-bond acceptors (Lipinski definition) is 4. The molecule has 7 heteroatoms. The monoisotopic (exact) mass is 273 g/mol. The molecule has 0 heterocycles. The highest BCUT2D eigenvalue weighted by molar-refractivity contribution is 5.98. The quantitative estimate of drug-likeness (QED) is 0.705. The van der Waals surface area contributed by atoms with Gasteiger partial charge in [0.05, 0.1) is 6.10 Å². The molecule has 0 unspecified atom stereocenters. The summed E-state index contributed by atoms with van der Waals surface area (Å²) in [5.74, 6) is -3.94. The summed E-state index contributed by atoms with van der Waals surface area (Å²) in [6.45, 7) is 0.400. The van der Waals surface area contributed by atoms with E-state index in [9.17, 15) is 23.5 Å². The van der Waals surface area contributed by atoms with Gasteiger partial charge in [0.1, 0.15) is 12.6 Å². The maximum Gasteiger partial charge on any atom is 0.252 e. The molecule has 1 aromatic rings. The zero-order chi connectivity index (χ0) is 14.6. The Bertz CT molecular complexity index is 491. The molecule has 0 aliphatic heterocycles. The lowest BCUT2D eigenvalue weighted by Gasteiger charge is -2.19. The lowest BCUT2D eigenvalue weighted by molar-refractivity contribution is -0.125. The smallest absolute Gasteiger partial charge is 0.252 e. The SMILES string of the molecule is C[C@@H](O)[C@H](NC(=O)c1ccc(F)c(F)c1)C(=O)CO. The minimum absolute atomic E-state index is 0.199. The number of carbonyl (C=O) groups excluding carboxylic acids is 2. The number of ketones is 1. The van der Waals surface area contributed by atoms with Crippen LogP contribution in [0.15, 0.2) is 18.2 Å². The van der Waals surface area contributed by atoms with Crippen LogP contribution in [0.2, 0.25) is 0 Å². The van der Waals surface area contributed by atoms with Gasteiger partial charge in [0.15, 0.2) is 17.4 Å². The second-order valence-electron chi connectivity index (χ2n) is 3.95. The van der Waals surface area contributed by atoms with E-state index in [0.717, 1.165) is 12.1 Å². The Labute approximate surface area is 107 Å². The molecule has 0 aliphatic carbocycles. The normalized spacial score (nSPS) is 13.7. The van der Waals surface area contributed by atoms with Gasteiger partial charge in [-0.1, -0.05) is 0 Å². The van der Waals surface area contributed by atoms with Crippen LogP contribution in [0, 0.1) is 11.6 Å². The largest absolute Gasteiger partial charge is 0.391 e. The Balaban J connectivity index is 2.87. The molecule has 0 fully saturated rings. The highest BCUT2D eigenvalue weighted by Gasteiger charge is 2.25. The fraction of sp³-hybridized carbons (Fsp3) is 0.333. The van der Waals surface area contributed by atoms with Crippen molar-refractivity contribution in [2.75, 3.05) is 6.61 Å². The summed E-state index contributed by atoms with van der Waals surface area (Å²) >= 11 is 0. The van der Waals surface area contributed by atoms with Gasteiger partial charge in [0, 0.05) is 5.56 Å². The van der Waals surface area contributed by atoms with E-state index in [0.29, 0.717) is 6.07 Å². The number of rotatable bonds is 5. The first-order valence-electron chi connectivity index (χ1n) is 5.44. The van der Waals surface area contributed by atoms with Crippen LogP contribution in [0.4, 0.5) is 8.78 Å². The molecular formula is C12H13F2NO4. The van der Waals surface area contributed by atoms with Crippen LogP contribution in [0.25, 0.3) is 0 Å². The molecule has 2 atom stereocenters. The minimum Gasteiger partial charge on any atom is -0.391 e. The zero-order valence-electron chi connectivity index (χ0n) is 10.1. The van der Waals surface area contributed by atoms with Crippen LogP contribution < -0.4 is 5.32 Å². The minimum atomic E-state index is -1.31. The Morgan fingerprint density at radius 2 is 1.95 bits per heavy atom. The van der Waals surface area contributed by atoms with Gasteiger partial charge in [-0.2, -0.15) is 0 Å². The predicted molar refractivity (Wildman–Crippen MR) is 61.4 cm³/mol. The number of aliphatic hydroxyl groups is 2. The molecule has 0 saturated heterocycles. The summed E-state index contributed by atoms with van der Waals surface area (Å²) in [6.07, 6.45) is -1.23. The summed E-state index contributed by atoms with van der Waals surface area (Å²) in [7, 11) is 0. The number of hydrogen-bond donors (Lipinski definition) is 3. The van der Waals surface area contributed by atoms with E-state index in [1.807, 2.05) is 0 Å². The molecule has 104 valence electrons. The van der Waals surface area contributed by atoms with Crippen molar-refractivity contribution in [1.82, 2.24) is 5.32 Å². The third-order valence-electron chi connectivity index (χ3n) is 2.45. The topological polar surface area (TPSA) is 86.6 Å². The molecule has 0 spiro atoms. The number of nitrogens with one attached hydrogen (secondary N) is 1. The predicted octanol–water partition coefficient (Wildman–Crippen LogP) is 0.00540. The lowest BCUT2D eigenvalue weighted by atomic mass is 10.1. The van der Waals surface area contributed by atoms with Crippen molar-refractivity contribution in [3.63, 3.8) is 0 Å². The number of amides is 1. The first-order valence-corrected chi connectivity index (χ1v) is 5.44. The molecule has 3 N–H and O–H groups in total. The summed E-state index contributed by atoms with van der Waals surface area (Å²) in [5.41, 5.74) is -0.199. The third-order valence-corrected chi connectivity index (χ3v) is 2.45. The number of carbonyl (C=O) groups is 2. The first kappa shape index (κ1) is 15.2. The third kappa shape index (κ3) is 3.80. The molecule has 19 heavy (non-hydrogen) atoms. The van der Waals surface area contributed by atoms with Crippen LogP contribution in [0.1, 0.15) is 17.3 Å². The van der Waals surface area contributed by atoms with Crippen molar-refractivity contribution in [3.05, 3.63) is 35.4 Å². The first-order chi connectivity index (χ1) is 8.86. The summed E-state index contributed by atoms with van der Waals surface area (Å²) in [5, 5.41) is 20.2. The Hall–Kier alpha value is -1.86. The number of halogens is 2. The van der Waals surface area contributed by atoms with Crippen molar-refractivity contribution >= 4 is 11.7 Å². The Kier molecular flexibility index (Phi) is 5.08. The number of aliphatic hydroxyl groups excluding tert-OH is 2. The molecule has 0 saturated carbocycles. The zero-order valence-corrected chi connectivity index (χ0v) is 10.1. The van der Waals surface area contributed by atoms with Crippen molar-refractivity contribution in [2.45, 2.75) is 19.1 Å². The second kappa shape index (κ2) is 6.35. The van der Waals surface area contributed by atoms with Gasteiger partial charge in [-0.3, -0.25) is 9.59 Å². The van der Waals surface area contributed by atoms with Gasteiger partial charge in [0.2, 0.25) is 0 Å². The van der Waals surface area contributed by atoms with Crippen LogP contribution in [-0.4, -0.2) is 40.7 Å². The highest BCUT2D eigenvalue weighted by atomic mass is 19.2. The molecule has 1 amide bonds. The van der Waals surface area contributed by atoms with E-state index in [4.69, 9.17) is 5.11 Å². The van der Waals surface area contributed by atoms with E-state index in [-0.39, 0.29) is 5.56 Å². The van der Waals surface area contributed by atoms with Gasteiger partial charge >= 0.3 is 0 Å². The Morgan fingerprint density at radius 1 is 1.32 bits per heavy atom. The second-order valence-corrected chi connectivity index (χ2v) is 3.95. The maximum atomic E-state index is 12.9. The van der Waals surface area contributed by atoms with Crippen LogP contribution in [-0.2, 0) is 4.79 Å². The maximum absolute atomic E-state index is 12.9. The van der Waals surface area contributed by atoms with E-state index in [1.165, 1.54) is 6.92 Å². The van der Waals surface area contributed by atoms with E-state index in [2.05, 4.69) is 5.32 Å². The van der Waals surface area contributed by atoms with Crippen molar-refractivity contribution in [3.8, 4) is 0 Å². The van der Waals surface area contributed by atoms with Gasteiger partial charge in [-0.15, -0.1) is 0 Å². The summed E-state index contributed by atoms with van der Waals surface area (Å²) < 4.78 is 25.7. The van der Waals surface area contributed by atoms with Gasteiger partial charge < -0.3 is 15.5 Å². The fourth-order valence-electron chi connectivity index (χ4n) is 1.43. The van der Waals surface area contributed by atoms with E-state index < -0.39 is 42.1 Å². The van der Waals surface area contributed by atoms with E-state index in [1.54, 1.807) is 0 Å². The van der Waals surface area contributed by atoms with Crippen molar-refractivity contribution < 1.29 is 28.6 Å². The molecular weight excluding hydrogens is 260 g/mol. The van der Waals surface area contributed by atoms with Crippen LogP contribution in [0.5, 0.6) is 0 Å².